The van der Waals surface area contributed by atoms with Gasteiger partial charge in [-0.25, -0.2) is 0 Å². The zero-order valence-corrected chi connectivity index (χ0v) is 10.6. The molecule has 1 aromatic rings. The number of nitrogens with one attached hydrogen (secondary N) is 1. The predicted octanol–water partition coefficient (Wildman–Crippen LogP) is 1.49. The Balaban J connectivity index is 2.29. The summed E-state index contributed by atoms with van der Waals surface area (Å²) in [6.45, 7) is 3.19. The molecule has 0 aliphatic heterocycles. The molecule has 17 heavy (non-hydrogen) atoms. The summed E-state index contributed by atoms with van der Waals surface area (Å²) in [7, 11) is 0. The Bertz CT molecular complexity index is 383. The molecule has 0 saturated carbocycles. The van der Waals surface area contributed by atoms with E-state index < -0.39 is 0 Å². The van der Waals surface area contributed by atoms with Gasteiger partial charge in [-0.2, -0.15) is 0 Å². The van der Waals surface area contributed by atoms with Crippen LogP contribution in [0.4, 0.5) is 0 Å². The molecule has 0 bridgehead atoms. The fourth-order valence-electron chi connectivity index (χ4n) is 1.35. The lowest BCUT2D eigenvalue weighted by Gasteiger charge is -2.09. The number of amides is 1. The van der Waals surface area contributed by atoms with Gasteiger partial charge in [0.05, 0.1) is 6.54 Å². The molecule has 5 heteroatoms. The van der Waals surface area contributed by atoms with E-state index in [9.17, 15) is 4.79 Å². The third kappa shape index (κ3) is 5.06. The molecule has 0 aromatic heterocycles. The number of carbonyl (C=O) groups is 1. The minimum atomic E-state index is -0.0519. The fraction of sp³-hybridized carbons (Fsp3) is 0.417. The number of nitrogens with two attached hydrogens (primary N) is 1. The Morgan fingerprint density at radius 3 is 2.94 bits per heavy atom. The largest absolute Gasteiger partial charge is 0.491 e. The maximum atomic E-state index is 11.1. The molecule has 0 saturated heterocycles. The van der Waals surface area contributed by atoms with Crippen LogP contribution in [0.3, 0.4) is 0 Å². The fourth-order valence-corrected chi connectivity index (χ4v) is 1.57. The van der Waals surface area contributed by atoms with Gasteiger partial charge in [-0.05, 0) is 30.7 Å². The highest BCUT2D eigenvalue weighted by Crippen LogP contribution is 2.21. The van der Waals surface area contributed by atoms with Crippen LogP contribution in [0.1, 0.15) is 12.0 Å². The van der Waals surface area contributed by atoms with Crippen molar-refractivity contribution in [2.24, 2.45) is 5.73 Å². The van der Waals surface area contributed by atoms with Gasteiger partial charge in [-0.1, -0.05) is 11.6 Å². The molecule has 3 N–H and O–H groups in total. The lowest BCUT2D eigenvalue weighted by molar-refractivity contribution is -0.120. The highest BCUT2D eigenvalue weighted by molar-refractivity contribution is 6.30. The van der Waals surface area contributed by atoms with Crippen LogP contribution in [-0.4, -0.2) is 25.6 Å². The van der Waals surface area contributed by atoms with Gasteiger partial charge in [0.2, 0.25) is 5.91 Å². The van der Waals surface area contributed by atoms with Crippen LogP contribution in [0.25, 0.3) is 0 Å². The minimum Gasteiger partial charge on any atom is -0.491 e. The number of aryl methyl sites for hydroxylation is 1. The number of carbonyl (C=O) groups excluding carboxylic acids is 1. The second kappa shape index (κ2) is 7.14. The topological polar surface area (TPSA) is 64.3 Å². The highest BCUT2D eigenvalue weighted by Gasteiger charge is 2.01. The van der Waals surface area contributed by atoms with E-state index in [-0.39, 0.29) is 5.91 Å². The SMILES string of the molecule is Cc1cc(Cl)ccc1OCCNC(=O)CCN. The van der Waals surface area contributed by atoms with Gasteiger partial charge < -0.3 is 15.8 Å². The summed E-state index contributed by atoms with van der Waals surface area (Å²) in [5.41, 5.74) is 6.23. The Morgan fingerprint density at radius 2 is 2.29 bits per heavy atom. The zero-order valence-electron chi connectivity index (χ0n) is 9.83. The van der Waals surface area contributed by atoms with E-state index in [0.717, 1.165) is 11.3 Å². The maximum Gasteiger partial charge on any atom is 0.221 e. The molecule has 0 fully saturated rings. The molecule has 0 spiro atoms. The van der Waals surface area contributed by atoms with E-state index >= 15 is 0 Å². The number of rotatable bonds is 6. The average Bonchev–Trinajstić information content (AvgIpc) is 2.27. The minimum absolute atomic E-state index is 0.0519. The Morgan fingerprint density at radius 1 is 1.53 bits per heavy atom. The first-order valence-corrected chi connectivity index (χ1v) is 5.87. The van der Waals surface area contributed by atoms with Crippen molar-refractivity contribution in [2.75, 3.05) is 19.7 Å². The molecular weight excluding hydrogens is 240 g/mol. The summed E-state index contributed by atoms with van der Waals surface area (Å²) < 4.78 is 5.52. The van der Waals surface area contributed by atoms with Crippen LogP contribution in [0.15, 0.2) is 18.2 Å². The zero-order chi connectivity index (χ0) is 12.7. The van der Waals surface area contributed by atoms with E-state index in [1.165, 1.54) is 0 Å². The second-order valence-corrected chi connectivity index (χ2v) is 4.08. The van der Waals surface area contributed by atoms with Gasteiger partial charge in [-0.3, -0.25) is 4.79 Å². The number of halogens is 1. The van der Waals surface area contributed by atoms with Crippen molar-refractivity contribution in [3.63, 3.8) is 0 Å². The predicted molar refractivity (Wildman–Crippen MR) is 68.4 cm³/mol. The lowest BCUT2D eigenvalue weighted by atomic mass is 10.2. The van der Waals surface area contributed by atoms with Gasteiger partial charge in [0.15, 0.2) is 0 Å². The van der Waals surface area contributed by atoms with Crippen LogP contribution in [-0.2, 0) is 4.79 Å². The number of hydrogen-bond donors (Lipinski definition) is 2. The molecule has 1 amide bonds. The summed E-state index contributed by atoms with van der Waals surface area (Å²) in [4.78, 5) is 11.1. The number of ether oxygens (including phenoxy) is 1. The second-order valence-electron chi connectivity index (χ2n) is 3.65. The smallest absolute Gasteiger partial charge is 0.221 e. The standard InChI is InChI=1S/C12H17ClN2O2/c1-9-8-10(13)2-3-11(9)17-7-6-15-12(16)4-5-14/h2-3,8H,4-7,14H2,1H3,(H,15,16). The summed E-state index contributed by atoms with van der Waals surface area (Å²) in [5.74, 6) is 0.728. The molecular formula is C12H17ClN2O2. The van der Waals surface area contributed by atoms with Gasteiger partial charge in [0.25, 0.3) is 0 Å². The van der Waals surface area contributed by atoms with Crippen LogP contribution in [0, 0.1) is 6.92 Å². The molecule has 1 rings (SSSR count). The van der Waals surface area contributed by atoms with Crippen LogP contribution in [0.2, 0.25) is 5.02 Å². The van der Waals surface area contributed by atoms with Crippen molar-refractivity contribution in [2.45, 2.75) is 13.3 Å². The molecule has 0 aliphatic carbocycles. The highest BCUT2D eigenvalue weighted by atomic mass is 35.5. The molecule has 1 aromatic carbocycles. The molecule has 0 atom stereocenters. The van der Waals surface area contributed by atoms with Crippen molar-refractivity contribution < 1.29 is 9.53 Å². The van der Waals surface area contributed by atoms with Gasteiger partial charge in [0.1, 0.15) is 12.4 Å². The van der Waals surface area contributed by atoms with Crippen molar-refractivity contribution in [1.29, 1.82) is 0 Å². The first kappa shape index (κ1) is 13.8. The van der Waals surface area contributed by atoms with Crippen LogP contribution in [0.5, 0.6) is 5.75 Å². The van der Waals surface area contributed by atoms with Crippen LogP contribution >= 0.6 is 11.6 Å². The number of hydrogen-bond acceptors (Lipinski definition) is 3. The Kier molecular flexibility index (Phi) is 5.80. The monoisotopic (exact) mass is 256 g/mol. The lowest BCUT2D eigenvalue weighted by Crippen LogP contribution is -2.29. The van der Waals surface area contributed by atoms with E-state index in [1.807, 2.05) is 19.1 Å². The summed E-state index contributed by atoms with van der Waals surface area (Å²) >= 11 is 5.83. The van der Waals surface area contributed by atoms with Crippen molar-refractivity contribution in [3.8, 4) is 5.75 Å². The molecule has 0 radical (unpaired) electrons. The van der Waals surface area contributed by atoms with E-state index in [1.54, 1.807) is 6.07 Å². The normalized spacial score (nSPS) is 10.1. The molecule has 0 unspecified atom stereocenters. The third-order valence-corrected chi connectivity index (χ3v) is 2.43. The first-order valence-electron chi connectivity index (χ1n) is 5.49. The molecule has 0 aliphatic rings. The van der Waals surface area contributed by atoms with Crippen molar-refractivity contribution >= 4 is 17.5 Å². The Labute approximate surface area is 106 Å². The van der Waals surface area contributed by atoms with Gasteiger partial charge in [-0.15, -0.1) is 0 Å². The summed E-state index contributed by atoms with van der Waals surface area (Å²) in [5, 5.41) is 3.40. The quantitative estimate of drug-likeness (QED) is 0.758. The van der Waals surface area contributed by atoms with E-state index in [0.29, 0.717) is 31.1 Å². The van der Waals surface area contributed by atoms with Crippen molar-refractivity contribution in [3.05, 3.63) is 28.8 Å². The third-order valence-electron chi connectivity index (χ3n) is 2.19. The van der Waals surface area contributed by atoms with E-state index in [2.05, 4.69) is 5.32 Å². The number of benzene rings is 1. The summed E-state index contributed by atoms with van der Waals surface area (Å²) in [6, 6.07) is 5.43. The van der Waals surface area contributed by atoms with Crippen LogP contribution < -0.4 is 15.8 Å². The molecule has 0 heterocycles. The maximum absolute atomic E-state index is 11.1. The Hall–Kier alpha value is -1.26. The van der Waals surface area contributed by atoms with Gasteiger partial charge in [0, 0.05) is 18.0 Å². The molecule has 94 valence electrons. The van der Waals surface area contributed by atoms with Crippen molar-refractivity contribution in [1.82, 2.24) is 5.32 Å². The molecule has 4 nitrogen and oxygen atoms in total. The van der Waals surface area contributed by atoms with Gasteiger partial charge >= 0.3 is 0 Å². The first-order chi connectivity index (χ1) is 8.13. The van der Waals surface area contributed by atoms with E-state index in [4.69, 9.17) is 22.1 Å². The average molecular weight is 257 g/mol. The summed E-state index contributed by atoms with van der Waals surface area (Å²) in [6.07, 6.45) is 0.347.